The summed E-state index contributed by atoms with van der Waals surface area (Å²) in [7, 11) is 0. The molecule has 0 saturated heterocycles. The Kier molecular flexibility index (Phi) is 6.04. The molecule has 3 N–H and O–H groups in total. The van der Waals surface area contributed by atoms with Gasteiger partial charge in [0.2, 0.25) is 0 Å². The first-order valence-corrected chi connectivity index (χ1v) is 7.85. The molecule has 2 bridgehead atoms. The summed E-state index contributed by atoms with van der Waals surface area (Å²) < 4.78 is 31.7. The third-order valence-electron chi connectivity index (χ3n) is 4.52. The van der Waals surface area contributed by atoms with Gasteiger partial charge >= 0.3 is 12.1 Å². The van der Waals surface area contributed by atoms with Gasteiger partial charge in [-0.3, -0.25) is 5.10 Å². The molecule has 3 rings (SSSR count). The van der Waals surface area contributed by atoms with E-state index in [1.165, 1.54) is 44.1 Å². The fourth-order valence-corrected chi connectivity index (χ4v) is 3.53. The molecule has 0 aliphatic heterocycles. The van der Waals surface area contributed by atoms with E-state index in [0.717, 1.165) is 24.4 Å². The first-order chi connectivity index (χ1) is 10.8. The molecule has 2 saturated carbocycles. The highest BCUT2D eigenvalue weighted by atomic mass is 19.4. The topological polar surface area (TPSA) is 78.0 Å². The number of carboxylic acid groups (broad SMARTS) is 1. The number of carboxylic acids is 1. The minimum Gasteiger partial charge on any atom is -0.475 e. The summed E-state index contributed by atoms with van der Waals surface area (Å²) in [5.41, 5.74) is 1.27. The number of alkyl halides is 3. The molecule has 5 nitrogen and oxygen atoms in total. The quantitative estimate of drug-likeness (QED) is 0.794. The van der Waals surface area contributed by atoms with Gasteiger partial charge in [-0.25, -0.2) is 4.79 Å². The van der Waals surface area contributed by atoms with Crippen LogP contribution in [0.15, 0.2) is 12.4 Å². The van der Waals surface area contributed by atoms with E-state index in [2.05, 4.69) is 15.5 Å². The molecule has 130 valence electrons. The predicted octanol–water partition coefficient (Wildman–Crippen LogP) is 3.10. The van der Waals surface area contributed by atoms with Crippen LogP contribution in [0.5, 0.6) is 0 Å². The van der Waals surface area contributed by atoms with Crippen molar-refractivity contribution >= 4 is 5.97 Å². The number of rotatable bonds is 3. The molecule has 1 aromatic heterocycles. The monoisotopic (exact) mass is 333 g/mol. The third-order valence-corrected chi connectivity index (χ3v) is 4.52. The fourth-order valence-electron chi connectivity index (χ4n) is 3.53. The van der Waals surface area contributed by atoms with Gasteiger partial charge in [0.15, 0.2) is 0 Å². The zero-order valence-corrected chi connectivity index (χ0v) is 12.8. The number of carbonyl (C=O) groups is 1. The predicted molar refractivity (Wildman–Crippen MR) is 77.6 cm³/mol. The van der Waals surface area contributed by atoms with E-state index in [1.807, 2.05) is 12.4 Å². The second-order valence-electron chi connectivity index (χ2n) is 6.36. The van der Waals surface area contributed by atoms with E-state index in [9.17, 15) is 13.2 Å². The van der Waals surface area contributed by atoms with Crippen molar-refractivity contribution in [3.05, 3.63) is 18.0 Å². The third kappa shape index (κ3) is 5.85. The molecule has 2 aliphatic rings. The standard InChI is InChI=1S/C13H21N3.C2HF3O2/c1-2-10-4-11(3-1)6-13(5-10)14-7-12-8-15-16-9-12;3-2(4,5)1(6)7/h8-11,13-14H,1-7H2,(H,15,16);(H,6,7). The van der Waals surface area contributed by atoms with Gasteiger partial charge in [0.1, 0.15) is 0 Å². The van der Waals surface area contributed by atoms with Crippen molar-refractivity contribution in [2.75, 3.05) is 0 Å². The highest BCUT2D eigenvalue weighted by Crippen LogP contribution is 2.39. The molecule has 2 atom stereocenters. The Hall–Kier alpha value is -1.57. The van der Waals surface area contributed by atoms with Crippen LogP contribution >= 0.6 is 0 Å². The molecule has 1 aromatic rings. The van der Waals surface area contributed by atoms with Crippen molar-refractivity contribution < 1.29 is 23.1 Å². The summed E-state index contributed by atoms with van der Waals surface area (Å²) >= 11 is 0. The van der Waals surface area contributed by atoms with Gasteiger partial charge in [-0.15, -0.1) is 0 Å². The molecular formula is C15H22F3N3O2. The van der Waals surface area contributed by atoms with Gasteiger partial charge in [0.25, 0.3) is 0 Å². The Balaban J connectivity index is 0.000000236. The minimum atomic E-state index is -5.08. The molecule has 8 heteroatoms. The minimum absolute atomic E-state index is 0.749. The van der Waals surface area contributed by atoms with Crippen molar-refractivity contribution in [2.45, 2.75) is 57.3 Å². The smallest absolute Gasteiger partial charge is 0.475 e. The summed E-state index contributed by atoms with van der Waals surface area (Å²) in [4.78, 5) is 8.90. The Morgan fingerprint density at radius 2 is 1.91 bits per heavy atom. The van der Waals surface area contributed by atoms with Gasteiger partial charge in [0, 0.05) is 24.3 Å². The normalized spacial score (nSPS) is 27.0. The van der Waals surface area contributed by atoms with Crippen LogP contribution in [0.25, 0.3) is 0 Å². The van der Waals surface area contributed by atoms with Crippen LogP contribution in [-0.4, -0.2) is 33.5 Å². The van der Waals surface area contributed by atoms with Crippen molar-refractivity contribution in [2.24, 2.45) is 11.8 Å². The first kappa shape index (κ1) is 17.8. The van der Waals surface area contributed by atoms with Gasteiger partial charge in [-0.05, 0) is 31.1 Å². The number of nitrogens with zero attached hydrogens (tertiary/aromatic N) is 1. The number of aromatic amines is 1. The van der Waals surface area contributed by atoms with Crippen molar-refractivity contribution in [3.8, 4) is 0 Å². The van der Waals surface area contributed by atoms with Crippen LogP contribution < -0.4 is 5.32 Å². The van der Waals surface area contributed by atoms with Crippen LogP contribution in [0.1, 0.15) is 44.1 Å². The van der Waals surface area contributed by atoms with E-state index < -0.39 is 12.1 Å². The van der Waals surface area contributed by atoms with Crippen LogP contribution in [0.2, 0.25) is 0 Å². The number of H-pyrrole nitrogens is 1. The fraction of sp³-hybridized carbons (Fsp3) is 0.733. The highest BCUT2D eigenvalue weighted by Gasteiger charge is 2.38. The van der Waals surface area contributed by atoms with Crippen molar-refractivity contribution in [3.63, 3.8) is 0 Å². The van der Waals surface area contributed by atoms with Crippen LogP contribution in [-0.2, 0) is 11.3 Å². The second-order valence-corrected chi connectivity index (χ2v) is 6.36. The molecule has 0 radical (unpaired) electrons. The van der Waals surface area contributed by atoms with Gasteiger partial charge in [-0.2, -0.15) is 18.3 Å². The number of hydrogen-bond acceptors (Lipinski definition) is 3. The maximum absolute atomic E-state index is 10.6. The molecule has 1 heterocycles. The van der Waals surface area contributed by atoms with Crippen LogP contribution in [0, 0.1) is 11.8 Å². The number of hydrogen-bond donors (Lipinski definition) is 3. The maximum Gasteiger partial charge on any atom is 0.490 e. The van der Waals surface area contributed by atoms with Gasteiger partial charge in [-0.1, -0.05) is 19.3 Å². The van der Waals surface area contributed by atoms with Crippen LogP contribution in [0.3, 0.4) is 0 Å². The van der Waals surface area contributed by atoms with E-state index in [1.54, 1.807) is 0 Å². The Labute approximate surface area is 132 Å². The SMILES string of the molecule is O=C(O)C(F)(F)F.c1n[nH]cc1CNC1CC2CCCC(C2)C1. The zero-order chi connectivity index (χ0) is 16.9. The maximum atomic E-state index is 10.6. The number of fused-ring (bicyclic) bond motifs is 2. The number of aliphatic carboxylic acids is 1. The van der Waals surface area contributed by atoms with Crippen molar-refractivity contribution in [1.29, 1.82) is 0 Å². The lowest BCUT2D eigenvalue weighted by Crippen LogP contribution is -2.38. The molecule has 0 amide bonds. The lowest BCUT2D eigenvalue weighted by atomic mass is 9.70. The zero-order valence-electron chi connectivity index (χ0n) is 12.8. The number of nitrogens with one attached hydrogen (secondary N) is 2. The van der Waals surface area contributed by atoms with E-state index in [4.69, 9.17) is 9.90 Å². The highest BCUT2D eigenvalue weighted by molar-refractivity contribution is 5.73. The van der Waals surface area contributed by atoms with Gasteiger partial charge in [0.05, 0.1) is 6.20 Å². The Morgan fingerprint density at radius 3 is 2.39 bits per heavy atom. The lowest BCUT2D eigenvalue weighted by Gasteiger charge is -2.39. The first-order valence-electron chi connectivity index (χ1n) is 7.85. The summed E-state index contributed by atoms with van der Waals surface area (Å²) in [6.07, 6.45) is 7.53. The summed E-state index contributed by atoms with van der Waals surface area (Å²) in [6, 6.07) is 0.749. The molecule has 23 heavy (non-hydrogen) atoms. The number of aromatic nitrogens is 2. The van der Waals surface area contributed by atoms with Crippen molar-refractivity contribution in [1.82, 2.24) is 15.5 Å². The summed E-state index contributed by atoms with van der Waals surface area (Å²) in [5, 5.41) is 17.7. The summed E-state index contributed by atoms with van der Waals surface area (Å²) in [6.45, 7) is 0.973. The molecular weight excluding hydrogens is 311 g/mol. The van der Waals surface area contributed by atoms with E-state index >= 15 is 0 Å². The Bertz CT molecular complexity index is 479. The second kappa shape index (κ2) is 7.81. The molecule has 0 spiro atoms. The molecule has 2 fully saturated rings. The largest absolute Gasteiger partial charge is 0.490 e. The van der Waals surface area contributed by atoms with Crippen LogP contribution in [0.4, 0.5) is 13.2 Å². The molecule has 2 unspecified atom stereocenters. The Morgan fingerprint density at radius 1 is 1.30 bits per heavy atom. The molecule has 2 aliphatic carbocycles. The average Bonchev–Trinajstić information content (AvgIpc) is 2.98. The molecule has 0 aromatic carbocycles. The van der Waals surface area contributed by atoms with E-state index in [-0.39, 0.29) is 0 Å². The van der Waals surface area contributed by atoms with E-state index in [0.29, 0.717) is 0 Å². The average molecular weight is 333 g/mol. The number of halogens is 3. The lowest BCUT2D eigenvalue weighted by molar-refractivity contribution is -0.192. The van der Waals surface area contributed by atoms with Gasteiger partial charge < -0.3 is 10.4 Å². The summed E-state index contributed by atoms with van der Waals surface area (Å²) in [5.74, 6) is -0.740.